The molecule has 6 heteroatoms. The van der Waals surface area contributed by atoms with Gasteiger partial charge < -0.3 is 15.3 Å². The first kappa shape index (κ1) is 14.9. The first-order chi connectivity index (χ1) is 9.67. The zero-order valence-electron chi connectivity index (χ0n) is 11.3. The zero-order chi connectivity index (χ0) is 14.5. The lowest BCUT2D eigenvalue weighted by molar-refractivity contribution is -0.138. The molecular formula is C14H18N2O3S. The molecule has 0 bridgehead atoms. The summed E-state index contributed by atoms with van der Waals surface area (Å²) in [5.74, 6) is -0.454. The molecule has 0 saturated heterocycles. The number of aliphatic hydroxyl groups is 1. The van der Waals surface area contributed by atoms with Gasteiger partial charge in [0.25, 0.3) is 0 Å². The van der Waals surface area contributed by atoms with E-state index in [1.807, 2.05) is 31.2 Å². The van der Waals surface area contributed by atoms with E-state index >= 15 is 0 Å². The average Bonchev–Trinajstić information content (AvgIpc) is 2.51. The van der Waals surface area contributed by atoms with Crippen LogP contribution in [0.4, 0.5) is 5.69 Å². The SMILES string of the molecule is CC[C@H](CO)NC(=O)C(=O)N1CCSc2ccccc21. The van der Waals surface area contributed by atoms with Crippen molar-refractivity contribution in [3.05, 3.63) is 24.3 Å². The molecule has 1 heterocycles. The van der Waals surface area contributed by atoms with Crippen LogP contribution in [0.3, 0.4) is 0 Å². The molecule has 0 saturated carbocycles. The van der Waals surface area contributed by atoms with Gasteiger partial charge in [0.2, 0.25) is 0 Å². The summed E-state index contributed by atoms with van der Waals surface area (Å²) in [6.07, 6.45) is 0.585. The van der Waals surface area contributed by atoms with Crippen LogP contribution in [0.15, 0.2) is 29.2 Å². The third kappa shape index (κ3) is 3.13. The lowest BCUT2D eigenvalue weighted by atomic mass is 10.2. The predicted octanol–water partition coefficient (Wildman–Crippen LogP) is 1.01. The van der Waals surface area contributed by atoms with Gasteiger partial charge in [-0.2, -0.15) is 0 Å². The lowest BCUT2D eigenvalue weighted by Crippen LogP contribution is -2.49. The van der Waals surface area contributed by atoms with Gasteiger partial charge in [-0.1, -0.05) is 19.1 Å². The fourth-order valence-corrected chi connectivity index (χ4v) is 3.02. The van der Waals surface area contributed by atoms with Gasteiger partial charge in [0, 0.05) is 17.2 Å². The number of amides is 2. The summed E-state index contributed by atoms with van der Waals surface area (Å²) in [5.41, 5.74) is 0.779. The lowest BCUT2D eigenvalue weighted by Gasteiger charge is -2.28. The fourth-order valence-electron chi connectivity index (χ4n) is 2.03. The van der Waals surface area contributed by atoms with Crippen molar-refractivity contribution in [3.8, 4) is 0 Å². The van der Waals surface area contributed by atoms with E-state index in [0.29, 0.717) is 13.0 Å². The van der Waals surface area contributed by atoms with E-state index in [4.69, 9.17) is 5.11 Å². The predicted molar refractivity (Wildman–Crippen MR) is 78.8 cm³/mol. The highest BCUT2D eigenvalue weighted by molar-refractivity contribution is 7.99. The number of rotatable bonds is 3. The second kappa shape index (κ2) is 6.76. The van der Waals surface area contributed by atoms with Gasteiger partial charge in [0.05, 0.1) is 18.3 Å². The number of benzene rings is 1. The molecule has 20 heavy (non-hydrogen) atoms. The molecule has 1 atom stereocenters. The van der Waals surface area contributed by atoms with Crippen molar-refractivity contribution in [1.29, 1.82) is 0 Å². The van der Waals surface area contributed by atoms with Crippen molar-refractivity contribution in [3.63, 3.8) is 0 Å². The summed E-state index contributed by atoms with van der Waals surface area (Å²) in [6, 6.07) is 7.18. The number of aliphatic hydroxyl groups excluding tert-OH is 1. The highest BCUT2D eigenvalue weighted by Crippen LogP contribution is 2.34. The number of carbonyl (C=O) groups is 2. The second-order valence-electron chi connectivity index (χ2n) is 4.53. The Bertz CT molecular complexity index is 503. The Morgan fingerprint density at radius 2 is 2.20 bits per heavy atom. The molecule has 2 N–H and O–H groups in total. The van der Waals surface area contributed by atoms with Gasteiger partial charge >= 0.3 is 11.8 Å². The molecule has 1 aliphatic heterocycles. The summed E-state index contributed by atoms with van der Waals surface area (Å²) < 4.78 is 0. The topological polar surface area (TPSA) is 69.6 Å². The van der Waals surface area contributed by atoms with Crippen molar-refractivity contribution in [2.24, 2.45) is 0 Å². The van der Waals surface area contributed by atoms with Crippen LogP contribution in [-0.2, 0) is 9.59 Å². The summed E-state index contributed by atoms with van der Waals surface area (Å²) in [6.45, 7) is 2.20. The fraction of sp³-hybridized carbons (Fsp3) is 0.429. The molecule has 0 aromatic heterocycles. The Hall–Kier alpha value is -1.53. The van der Waals surface area contributed by atoms with Crippen LogP contribution in [0.1, 0.15) is 13.3 Å². The average molecular weight is 294 g/mol. The summed E-state index contributed by atoms with van der Waals surface area (Å²) in [7, 11) is 0. The molecule has 5 nitrogen and oxygen atoms in total. The van der Waals surface area contributed by atoms with Gasteiger partial charge in [-0.25, -0.2) is 0 Å². The maximum Gasteiger partial charge on any atom is 0.316 e. The summed E-state index contributed by atoms with van der Waals surface area (Å²) >= 11 is 1.68. The number of nitrogens with zero attached hydrogens (tertiary/aromatic N) is 1. The Morgan fingerprint density at radius 1 is 1.45 bits per heavy atom. The van der Waals surface area contributed by atoms with Crippen molar-refractivity contribution in [2.75, 3.05) is 23.8 Å². The molecule has 1 aromatic rings. The highest BCUT2D eigenvalue weighted by atomic mass is 32.2. The number of hydrogen-bond acceptors (Lipinski definition) is 4. The van der Waals surface area contributed by atoms with E-state index in [-0.39, 0.29) is 12.6 Å². The molecule has 1 aliphatic rings. The van der Waals surface area contributed by atoms with Gasteiger partial charge in [-0.05, 0) is 18.6 Å². The largest absolute Gasteiger partial charge is 0.394 e. The second-order valence-corrected chi connectivity index (χ2v) is 5.67. The van der Waals surface area contributed by atoms with Gasteiger partial charge in [0.1, 0.15) is 0 Å². The smallest absolute Gasteiger partial charge is 0.316 e. The molecule has 0 unspecified atom stereocenters. The van der Waals surface area contributed by atoms with E-state index in [0.717, 1.165) is 16.3 Å². The van der Waals surface area contributed by atoms with E-state index in [1.165, 1.54) is 4.90 Å². The number of thioether (sulfide) groups is 1. The Labute approximate surface area is 122 Å². The molecule has 2 rings (SSSR count). The van der Waals surface area contributed by atoms with Crippen LogP contribution in [0.5, 0.6) is 0 Å². The molecule has 0 radical (unpaired) electrons. The zero-order valence-corrected chi connectivity index (χ0v) is 12.2. The minimum atomic E-state index is -0.660. The van der Waals surface area contributed by atoms with Gasteiger partial charge in [-0.3, -0.25) is 9.59 Å². The van der Waals surface area contributed by atoms with Crippen LogP contribution in [-0.4, -0.2) is 41.9 Å². The number of anilines is 1. The molecule has 108 valence electrons. The number of hydrogen-bond donors (Lipinski definition) is 2. The molecule has 2 amide bonds. The van der Waals surface area contributed by atoms with Gasteiger partial charge in [-0.15, -0.1) is 11.8 Å². The number of fused-ring (bicyclic) bond motifs is 1. The standard InChI is InChI=1S/C14H18N2O3S/c1-2-10(9-17)15-13(18)14(19)16-7-8-20-12-6-4-3-5-11(12)16/h3-6,10,17H,2,7-9H2,1H3,(H,15,18)/t10-/m1/s1. The normalized spacial score (nSPS) is 15.4. The third-order valence-electron chi connectivity index (χ3n) is 3.22. The van der Waals surface area contributed by atoms with E-state index in [2.05, 4.69) is 5.32 Å². The molecule has 0 aliphatic carbocycles. The van der Waals surface area contributed by atoms with Crippen LogP contribution in [0.25, 0.3) is 0 Å². The van der Waals surface area contributed by atoms with Crippen molar-refractivity contribution >= 4 is 29.3 Å². The molecule has 1 aromatic carbocycles. The minimum absolute atomic E-state index is 0.165. The van der Waals surface area contributed by atoms with Crippen molar-refractivity contribution in [2.45, 2.75) is 24.3 Å². The first-order valence-corrected chi connectivity index (χ1v) is 7.61. The van der Waals surface area contributed by atoms with Crippen molar-refractivity contribution < 1.29 is 14.7 Å². The van der Waals surface area contributed by atoms with E-state index < -0.39 is 11.8 Å². The highest BCUT2D eigenvalue weighted by Gasteiger charge is 2.28. The molecular weight excluding hydrogens is 276 g/mol. The minimum Gasteiger partial charge on any atom is -0.394 e. The van der Waals surface area contributed by atoms with Crippen LogP contribution in [0.2, 0.25) is 0 Å². The van der Waals surface area contributed by atoms with Crippen LogP contribution < -0.4 is 10.2 Å². The van der Waals surface area contributed by atoms with Gasteiger partial charge in [0.15, 0.2) is 0 Å². The van der Waals surface area contributed by atoms with E-state index in [9.17, 15) is 9.59 Å². The molecule has 0 fully saturated rings. The van der Waals surface area contributed by atoms with Crippen molar-refractivity contribution in [1.82, 2.24) is 5.32 Å². The maximum absolute atomic E-state index is 12.3. The monoisotopic (exact) mass is 294 g/mol. The van der Waals surface area contributed by atoms with Crippen LogP contribution in [0, 0.1) is 0 Å². The number of para-hydroxylation sites is 1. The Kier molecular flexibility index (Phi) is 5.03. The quantitative estimate of drug-likeness (QED) is 0.816. The third-order valence-corrected chi connectivity index (χ3v) is 4.26. The maximum atomic E-state index is 12.3. The first-order valence-electron chi connectivity index (χ1n) is 6.62. The summed E-state index contributed by atoms with van der Waals surface area (Å²) in [5, 5.41) is 11.6. The summed E-state index contributed by atoms with van der Waals surface area (Å²) in [4.78, 5) is 26.7. The molecule has 0 spiro atoms. The Morgan fingerprint density at radius 3 is 2.90 bits per heavy atom. The number of carbonyl (C=O) groups excluding carboxylic acids is 2. The Balaban J connectivity index is 2.12. The van der Waals surface area contributed by atoms with Crippen LogP contribution >= 0.6 is 11.8 Å². The van der Waals surface area contributed by atoms with E-state index in [1.54, 1.807) is 11.8 Å². The number of nitrogens with one attached hydrogen (secondary N) is 1.